The van der Waals surface area contributed by atoms with Gasteiger partial charge in [-0.15, -0.1) is 0 Å². The van der Waals surface area contributed by atoms with Crippen LogP contribution in [0, 0.1) is 5.82 Å². The fraction of sp³-hybridized carbons (Fsp3) is 0.0667. The highest BCUT2D eigenvalue weighted by atomic mass is 35.5. The minimum atomic E-state index is -0.251. The van der Waals surface area contributed by atoms with Crippen molar-refractivity contribution in [1.29, 1.82) is 0 Å². The molecule has 0 aliphatic heterocycles. The minimum Gasteiger partial charge on any atom is -0.248 e. The highest BCUT2D eigenvalue weighted by Crippen LogP contribution is 2.19. The van der Waals surface area contributed by atoms with Crippen LogP contribution in [-0.4, -0.2) is 9.97 Å². The zero-order valence-electron chi connectivity index (χ0n) is 9.98. The topological polar surface area (TPSA) is 25.8 Å². The first-order valence-corrected chi connectivity index (χ1v) is 6.26. The van der Waals surface area contributed by atoms with Gasteiger partial charge in [-0.3, -0.25) is 0 Å². The number of hydrogen-bond donors (Lipinski definition) is 0. The normalized spacial score (nSPS) is 10.8. The Bertz CT molecular complexity index is 726. The Morgan fingerprint density at radius 3 is 2.21 bits per heavy atom. The molecule has 19 heavy (non-hydrogen) atoms. The SMILES string of the molecule is Fc1ccc(Cc2nc3ccccc3nc2Cl)cc1. The summed E-state index contributed by atoms with van der Waals surface area (Å²) in [4.78, 5) is 8.82. The number of fused-ring (bicyclic) bond motifs is 1. The van der Waals surface area contributed by atoms with E-state index in [-0.39, 0.29) is 5.82 Å². The van der Waals surface area contributed by atoms with Crippen LogP contribution < -0.4 is 0 Å². The van der Waals surface area contributed by atoms with Gasteiger partial charge in [-0.1, -0.05) is 35.9 Å². The lowest BCUT2D eigenvalue weighted by molar-refractivity contribution is 0.627. The Labute approximate surface area is 114 Å². The molecule has 0 aliphatic carbocycles. The van der Waals surface area contributed by atoms with Crippen LogP contribution in [-0.2, 0) is 6.42 Å². The van der Waals surface area contributed by atoms with Gasteiger partial charge in [-0.25, -0.2) is 14.4 Å². The molecule has 0 amide bonds. The molecule has 2 aromatic carbocycles. The maximum absolute atomic E-state index is 12.9. The Hall–Kier alpha value is -2.00. The first kappa shape index (κ1) is 12.1. The molecule has 1 aromatic heterocycles. The summed E-state index contributed by atoms with van der Waals surface area (Å²) in [5.41, 5.74) is 3.24. The summed E-state index contributed by atoms with van der Waals surface area (Å²) in [6, 6.07) is 13.9. The lowest BCUT2D eigenvalue weighted by Gasteiger charge is -2.05. The molecule has 0 spiro atoms. The summed E-state index contributed by atoms with van der Waals surface area (Å²) < 4.78 is 12.9. The van der Waals surface area contributed by atoms with Crippen molar-refractivity contribution in [3.05, 3.63) is 70.8 Å². The fourth-order valence-corrected chi connectivity index (χ4v) is 2.12. The van der Waals surface area contributed by atoms with E-state index in [0.717, 1.165) is 16.6 Å². The average Bonchev–Trinajstić information content (AvgIpc) is 2.42. The van der Waals surface area contributed by atoms with Crippen molar-refractivity contribution < 1.29 is 4.39 Å². The molecule has 0 aliphatic rings. The number of halogens is 2. The predicted molar refractivity (Wildman–Crippen MR) is 73.8 cm³/mol. The summed E-state index contributed by atoms with van der Waals surface area (Å²) in [7, 11) is 0. The summed E-state index contributed by atoms with van der Waals surface area (Å²) in [6.45, 7) is 0. The monoisotopic (exact) mass is 272 g/mol. The van der Waals surface area contributed by atoms with Crippen LogP contribution in [0.15, 0.2) is 48.5 Å². The van der Waals surface area contributed by atoms with E-state index in [4.69, 9.17) is 11.6 Å². The second-order valence-corrected chi connectivity index (χ2v) is 4.61. The summed E-state index contributed by atoms with van der Waals surface area (Å²) in [6.07, 6.45) is 0.539. The molecule has 3 aromatic rings. The van der Waals surface area contributed by atoms with Crippen LogP contribution in [0.3, 0.4) is 0 Å². The molecule has 0 radical (unpaired) electrons. The third-order valence-corrected chi connectivity index (χ3v) is 3.18. The van der Waals surface area contributed by atoms with Gasteiger partial charge in [0.2, 0.25) is 0 Å². The van der Waals surface area contributed by atoms with Gasteiger partial charge in [-0.05, 0) is 29.8 Å². The molecule has 0 saturated heterocycles. The van der Waals surface area contributed by atoms with E-state index >= 15 is 0 Å². The van der Waals surface area contributed by atoms with E-state index in [2.05, 4.69) is 9.97 Å². The number of nitrogens with zero attached hydrogens (tertiary/aromatic N) is 2. The molecule has 94 valence electrons. The predicted octanol–water partition coefficient (Wildman–Crippen LogP) is 4.01. The molecular formula is C15H10ClFN2. The second kappa shape index (κ2) is 4.94. The zero-order chi connectivity index (χ0) is 13.2. The van der Waals surface area contributed by atoms with Gasteiger partial charge in [0.1, 0.15) is 5.82 Å². The van der Waals surface area contributed by atoms with Gasteiger partial charge in [0.05, 0.1) is 16.7 Å². The Kier molecular flexibility index (Phi) is 3.13. The molecule has 0 bridgehead atoms. The Morgan fingerprint density at radius 2 is 1.53 bits per heavy atom. The third-order valence-electron chi connectivity index (χ3n) is 2.88. The molecular weight excluding hydrogens is 263 g/mol. The van der Waals surface area contributed by atoms with Gasteiger partial charge in [0, 0.05) is 6.42 Å². The molecule has 3 rings (SSSR count). The zero-order valence-corrected chi connectivity index (χ0v) is 10.7. The molecule has 0 N–H and O–H groups in total. The van der Waals surface area contributed by atoms with Crippen LogP contribution in [0.1, 0.15) is 11.3 Å². The minimum absolute atomic E-state index is 0.251. The molecule has 0 atom stereocenters. The highest BCUT2D eigenvalue weighted by Gasteiger charge is 2.07. The van der Waals surface area contributed by atoms with Crippen LogP contribution >= 0.6 is 11.6 Å². The van der Waals surface area contributed by atoms with E-state index in [9.17, 15) is 4.39 Å². The van der Waals surface area contributed by atoms with Crippen molar-refractivity contribution in [2.45, 2.75) is 6.42 Å². The van der Waals surface area contributed by atoms with Gasteiger partial charge < -0.3 is 0 Å². The number of hydrogen-bond acceptors (Lipinski definition) is 2. The van der Waals surface area contributed by atoms with Gasteiger partial charge in [0.15, 0.2) is 5.15 Å². The van der Waals surface area contributed by atoms with Crippen molar-refractivity contribution >= 4 is 22.6 Å². The van der Waals surface area contributed by atoms with Gasteiger partial charge >= 0.3 is 0 Å². The maximum atomic E-state index is 12.9. The van der Waals surface area contributed by atoms with Crippen LogP contribution in [0.5, 0.6) is 0 Å². The van der Waals surface area contributed by atoms with Crippen LogP contribution in [0.2, 0.25) is 5.15 Å². The lowest BCUT2D eigenvalue weighted by atomic mass is 10.1. The van der Waals surface area contributed by atoms with Gasteiger partial charge in [-0.2, -0.15) is 0 Å². The summed E-state index contributed by atoms with van der Waals surface area (Å²) >= 11 is 6.14. The smallest absolute Gasteiger partial charge is 0.151 e. The highest BCUT2D eigenvalue weighted by molar-refractivity contribution is 6.30. The standard InChI is InChI=1S/C15H10ClFN2/c16-15-14(9-10-5-7-11(17)8-6-10)18-12-3-1-2-4-13(12)19-15/h1-8H,9H2. The molecule has 0 fully saturated rings. The largest absolute Gasteiger partial charge is 0.248 e. The first-order chi connectivity index (χ1) is 9.22. The van der Waals surface area contributed by atoms with E-state index in [1.165, 1.54) is 12.1 Å². The number of rotatable bonds is 2. The van der Waals surface area contributed by atoms with E-state index in [1.54, 1.807) is 12.1 Å². The fourth-order valence-electron chi connectivity index (χ4n) is 1.92. The number of para-hydroxylation sites is 2. The second-order valence-electron chi connectivity index (χ2n) is 4.25. The molecule has 4 heteroatoms. The van der Waals surface area contributed by atoms with E-state index in [0.29, 0.717) is 17.3 Å². The molecule has 1 heterocycles. The van der Waals surface area contributed by atoms with Crippen molar-refractivity contribution in [2.75, 3.05) is 0 Å². The maximum Gasteiger partial charge on any atom is 0.151 e. The summed E-state index contributed by atoms with van der Waals surface area (Å²) in [5, 5.41) is 0.392. The Balaban J connectivity index is 2.00. The Morgan fingerprint density at radius 1 is 0.895 bits per heavy atom. The average molecular weight is 273 g/mol. The molecule has 0 saturated carbocycles. The molecule has 0 unspecified atom stereocenters. The third kappa shape index (κ3) is 2.56. The first-order valence-electron chi connectivity index (χ1n) is 5.88. The van der Waals surface area contributed by atoms with Crippen molar-refractivity contribution in [3.63, 3.8) is 0 Å². The van der Waals surface area contributed by atoms with Crippen molar-refractivity contribution in [1.82, 2.24) is 9.97 Å². The molecule has 2 nitrogen and oxygen atoms in total. The van der Waals surface area contributed by atoms with Crippen LogP contribution in [0.25, 0.3) is 11.0 Å². The lowest BCUT2D eigenvalue weighted by Crippen LogP contribution is -1.97. The van der Waals surface area contributed by atoms with E-state index < -0.39 is 0 Å². The van der Waals surface area contributed by atoms with E-state index in [1.807, 2.05) is 24.3 Å². The van der Waals surface area contributed by atoms with Crippen molar-refractivity contribution in [2.24, 2.45) is 0 Å². The van der Waals surface area contributed by atoms with Crippen LogP contribution in [0.4, 0.5) is 4.39 Å². The number of benzene rings is 2. The van der Waals surface area contributed by atoms with Crippen molar-refractivity contribution in [3.8, 4) is 0 Å². The summed E-state index contributed by atoms with van der Waals surface area (Å²) in [5.74, 6) is -0.251. The number of aromatic nitrogens is 2. The quantitative estimate of drug-likeness (QED) is 0.704. The van der Waals surface area contributed by atoms with Gasteiger partial charge in [0.25, 0.3) is 0 Å².